The lowest BCUT2D eigenvalue weighted by atomic mass is 10.2. The number of anilines is 1. The highest BCUT2D eigenvalue weighted by Gasteiger charge is 2.10. The summed E-state index contributed by atoms with van der Waals surface area (Å²) in [6.45, 7) is 0.510. The zero-order valence-electron chi connectivity index (χ0n) is 14.2. The summed E-state index contributed by atoms with van der Waals surface area (Å²) < 4.78 is 5.58. The van der Waals surface area contributed by atoms with Gasteiger partial charge in [-0.1, -0.05) is 12.1 Å². The van der Waals surface area contributed by atoms with Gasteiger partial charge in [-0.25, -0.2) is 0 Å². The maximum Gasteiger partial charge on any atom is 0.248 e. The monoisotopic (exact) mass is 356 g/mol. The quantitative estimate of drug-likeness (QED) is 0.704. The number of carbonyl (C=O) groups is 1. The van der Waals surface area contributed by atoms with Gasteiger partial charge >= 0.3 is 0 Å². The van der Waals surface area contributed by atoms with Crippen LogP contribution in [0.1, 0.15) is 17.9 Å². The number of hydrogen-bond acceptors (Lipinski definition) is 6. The van der Waals surface area contributed by atoms with E-state index in [4.69, 9.17) is 4.42 Å². The van der Waals surface area contributed by atoms with Crippen LogP contribution >= 0.6 is 11.3 Å². The van der Waals surface area contributed by atoms with Crippen molar-refractivity contribution in [1.82, 2.24) is 15.5 Å². The fourth-order valence-electron chi connectivity index (χ4n) is 2.28. The van der Waals surface area contributed by atoms with Crippen LogP contribution in [0, 0.1) is 0 Å². The Morgan fingerprint density at radius 2 is 2.00 bits per heavy atom. The van der Waals surface area contributed by atoms with Gasteiger partial charge in [0.05, 0.1) is 0 Å². The smallest absolute Gasteiger partial charge is 0.248 e. The van der Waals surface area contributed by atoms with Crippen LogP contribution in [0.3, 0.4) is 0 Å². The first-order valence-electron chi connectivity index (χ1n) is 8.00. The maximum absolute atomic E-state index is 12.0. The van der Waals surface area contributed by atoms with E-state index in [0.717, 1.165) is 16.8 Å². The molecule has 3 rings (SSSR count). The van der Waals surface area contributed by atoms with Gasteiger partial charge in [0.2, 0.25) is 17.7 Å². The molecule has 7 heteroatoms. The second-order valence-corrected chi connectivity index (χ2v) is 6.63. The minimum absolute atomic E-state index is 0.0352. The van der Waals surface area contributed by atoms with E-state index in [2.05, 4.69) is 15.5 Å². The minimum atomic E-state index is -0.0352. The summed E-state index contributed by atoms with van der Waals surface area (Å²) in [6.07, 6.45) is 0.754. The summed E-state index contributed by atoms with van der Waals surface area (Å²) in [5.74, 6) is 0.941. The van der Waals surface area contributed by atoms with Crippen molar-refractivity contribution in [3.8, 4) is 11.5 Å². The predicted molar refractivity (Wildman–Crippen MR) is 98.5 cm³/mol. The van der Waals surface area contributed by atoms with E-state index >= 15 is 0 Å². The molecule has 130 valence electrons. The first-order valence-corrected chi connectivity index (χ1v) is 8.94. The Hall–Kier alpha value is -2.67. The average Bonchev–Trinajstić information content (AvgIpc) is 3.29. The van der Waals surface area contributed by atoms with Crippen LogP contribution in [-0.4, -0.2) is 30.2 Å². The maximum atomic E-state index is 12.0. The van der Waals surface area contributed by atoms with Crippen LogP contribution < -0.4 is 10.2 Å². The summed E-state index contributed by atoms with van der Waals surface area (Å²) >= 11 is 1.57. The lowest BCUT2D eigenvalue weighted by Crippen LogP contribution is -2.23. The van der Waals surface area contributed by atoms with Gasteiger partial charge in [-0.05, 0) is 29.1 Å². The number of thiophene rings is 1. The fourth-order valence-corrected chi connectivity index (χ4v) is 2.91. The van der Waals surface area contributed by atoms with E-state index in [9.17, 15) is 4.79 Å². The second kappa shape index (κ2) is 7.94. The molecule has 0 radical (unpaired) electrons. The highest BCUT2D eigenvalue weighted by atomic mass is 32.1. The van der Waals surface area contributed by atoms with Gasteiger partial charge < -0.3 is 14.6 Å². The summed E-state index contributed by atoms with van der Waals surface area (Å²) in [4.78, 5) is 14.0. The van der Waals surface area contributed by atoms with Crippen LogP contribution in [0.4, 0.5) is 5.69 Å². The molecule has 2 heterocycles. The standard InChI is InChI=1S/C18H20N4O2S/c1-22(2)15-5-3-13(4-6-15)11-19-16(23)7-8-17-20-21-18(24-17)14-9-10-25-12-14/h3-6,9-10,12H,7-8,11H2,1-2H3,(H,19,23). The molecule has 2 aromatic heterocycles. The molecule has 1 aromatic carbocycles. The lowest BCUT2D eigenvalue weighted by molar-refractivity contribution is -0.121. The normalized spacial score (nSPS) is 10.6. The van der Waals surface area contributed by atoms with Gasteiger partial charge in [-0.3, -0.25) is 4.79 Å². The van der Waals surface area contributed by atoms with Crippen molar-refractivity contribution < 1.29 is 9.21 Å². The Bertz CT molecular complexity index is 810. The number of benzene rings is 1. The molecule has 3 aromatic rings. The molecule has 0 saturated heterocycles. The predicted octanol–water partition coefficient (Wildman–Crippen LogP) is 3.11. The van der Waals surface area contributed by atoms with Gasteiger partial charge in [-0.15, -0.1) is 10.2 Å². The van der Waals surface area contributed by atoms with Gasteiger partial charge in [0, 0.05) is 50.1 Å². The molecule has 25 heavy (non-hydrogen) atoms. The number of aromatic nitrogens is 2. The Labute approximate surface area is 150 Å². The summed E-state index contributed by atoms with van der Waals surface area (Å²) in [5.41, 5.74) is 3.11. The van der Waals surface area contributed by atoms with Gasteiger partial charge in [0.15, 0.2) is 0 Å². The second-order valence-electron chi connectivity index (χ2n) is 5.85. The molecule has 0 fully saturated rings. The van der Waals surface area contributed by atoms with E-state index in [0.29, 0.717) is 31.2 Å². The molecule has 1 amide bonds. The molecule has 0 saturated carbocycles. The van der Waals surface area contributed by atoms with Crippen molar-refractivity contribution in [2.24, 2.45) is 0 Å². The minimum Gasteiger partial charge on any atom is -0.421 e. The molecular formula is C18H20N4O2S. The molecule has 0 aliphatic rings. The van der Waals surface area contributed by atoms with Crippen molar-refractivity contribution in [3.05, 3.63) is 52.5 Å². The first kappa shape index (κ1) is 17.2. The number of rotatable bonds is 7. The number of carbonyl (C=O) groups excluding carboxylic acids is 1. The van der Waals surface area contributed by atoms with Crippen LogP contribution in [0.5, 0.6) is 0 Å². The van der Waals surface area contributed by atoms with E-state index in [-0.39, 0.29) is 5.91 Å². The Kier molecular flexibility index (Phi) is 5.45. The highest BCUT2D eigenvalue weighted by molar-refractivity contribution is 7.08. The molecule has 0 atom stereocenters. The molecule has 0 aliphatic heterocycles. The Morgan fingerprint density at radius 1 is 1.20 bits per heavy atom. The molecule has 6 nitrogen and oxygen atoms in total. The third-order valence-electron chi connectivity index (χ3n) is 3.74. The first-order chi connectivity index (χ1) is 12.1. The Morgan fingerprint density at radius 3 is 2.68 bits per heavy atom. The zero-order valence-corrected chi connectivity index (χ0v) is 15.0. The van der Waals surface area contributed by atoms with Crippen molar-refractivity contribution in [1.29, 1.82) is 0 Å². The van der Waals surface area contributed by atoms with Crippen LogP contribution in [0.2, 0.25) is 0 Å². The average molecular weight is 356 g/mol. The van der Waals surface area contributed by atoms with Gasteiger partial charge in [-0.2, -0.15) is 11.3 Å². The third-order valence-corrected chi connectivity index (χ3v) is 4.43. The van der Waals surface area contributed by atoms with E-state index in [1.54, 1.807) is 11.3 Å². The number of hydrogen-bond donors (Lipinski definition) is 1. The van der Waals surface area contributed by atoms with Crippen LogP contribution in [0.25, 0.3) is 11.5 Å². The molecule has 0 spiro atoms. The Balaban J connectivity index is 1.45. The van der Waals surface area contributed by atoms with Crippen LogP contribution in [-0.2, 0) is 17.8 Å². The summed E-state index contributed by atoms with van der Waals surface area (Å²) in [7, 11) is 4.00. The topological polar surface area (TPSA) is 71.3 Å². The number of aryl methyl sites for hydroxylation is 1. The summed E-state index contributed by atoms with van der Waals surface area (Å²) in [5, 5.41) is 14.8. The lowest BCUT2D eigenvalue weighted by Gasteiger charge is -2.12. The van der Waals surface area contributed by atoms with E-state index in [1.165, 1.54) is 0 Å². The molecule has 0 unspecified atom stereocenters. The van der Waals surface area contributed by atoms with E-state index < -0.39 is 0 Å². The van der Waals surface area contributed by atoms with Gasteiger partial charge in [0.1, 0.15) is 0 Å². The number of nitrogens with one attached hydrogen (secondary N) is 1. The molecule has 0 aliphatic carbocycles. The van der Waals surface area contributed by atoms with Crippen LogP contribution in [0.15, 0.2) is 45.5 Å². The largest absolute Gasteiger partial charge is 0.421 e. The third kappa shape index (κ3) is 4.67. The molecular weight excluding hydrogens is 336 g/mol. The summed E-state index contributed by atoms with van der Waals surface area (Å²) in [6, 6.07) is 10.0. The molecule has 1 N–H and O–H groups in total. The SMILES string of the molecule is CN(C)c1ccc(CNC(=O)CCc2nnc(-c3ccsc3)o2)cc1. The van der Waals surface area contributed by atoms with Gasteiger partial charge in [0.25, 0.3) is 0 Å². The number of nitrogens with zero attached hydrogens (tertiary/aromatic N) is 3. The molecule has 0 bridgehead atoms. The number of amides is 1. The van der Waals surface area contributed by atoms with Crippen molar-refractivity contribution >= 4 is 22.9 Å². The highest BCUT2D eigenvalue weighted by Crippen LogP contribution is 2.20. The van der Waals surface area contributed by atoms with E-state index in [1.807, 2.05) is 60.1 Å². The fraction of sp³-hybridized carbons (Fsp3) is 0.278. The zero-order chi connectivity index (χ0) is 17.6. The van der Waals surface area contributed by atoms with Crippen molar-refractivity contribution in [2.45, 2.75) is 19.4 Å². The van der Waals surface area contributed by atoms with Crippen molar-refractivity contribution in [2.75, 3.05) is 19.0 Å². The van der Waals surface area contributed by atoms with Crippen molar-refractivity contribution in [3.63, 3.8) is 0 Å².